The molecule has 0 amide bonds. The molecular weight excluding hydrogens is 540 g/mol. The second kappa shape index (κ2) is 14.4. The molecule has 0 aliphatic heterocycles. The van der Waals surface area contributed by atoms with Gasteiger partial charge in [-0.3, -0.25) is 9.69 Å². The highest BCUT2D eigenvalue weighted by Crippen LogP contribution is 2.24. The van der Waals surface area contributed by atoms with Gasteiger partial charge in [0.05, 0.1) is 6.42 Å². The van der Waals surface area contributed by atoms with Gasteiger partial charge < -0.3 is 14.7 Å². The molecule has 5 nitrogen and oxygen atoms in total. The van der Waals surface area contributed by atoms with Crippen LogP contribution in [0, 0.1) is 0 Å². The molecule has 0 aromatic heterocycles. The molecule has 6 heteroatoms. The van der Waals surface area contributed by atoms with Gasteiger partial charge in [-0.2, -0.15) is 0 Å². The average Bonchev–Trinajstić information content (AvgIpc) is 2.93. The minimum Gasteiger partial charge on any atom is -0.492 e. The van der Waals surface area contributed by atoms with Gasteiger partial charge in [-0.25, -0.2) is 0 Å². The molecule has 0 radical (unpaired) electrons. The summed E-state index contributed by atoms with van der Waals surface area (Å²) < 4.78 is 7.22. The van der Waals surface area contributed by atoms with Gasteiger partial charge in [-0.15, -0.1) is 0 Å². The smallest absolute Gasteiger partial charge is 0.305 e. The van der Waals surface area contributed by atoms with Crippen molar-refractivity contribution in [1.82, 2.24) is 4.90 Å². The van der Waals surface area contributed by atoms with Crippen molar-refractivity contribution in [1.29, 1.82) is 0 Å². The molecule has 0 atom stereocenters. The summed E-state index contributed by atoms with van der Waals surface area (Å²) in [5.74, 6) is -0.0341. The molecule has 0 spiro atoms. The first-order valence-corrected chi connectivity index (χ1v) is 13.6. The number of carbonyl (C=O) groups is 1. The maximum Gasteiger partial charge on any atom is 0.305 e. The number of carboxylic acids is 1. The molecule has 0 saturated heterocycles. The summed E-state index contributed by atoms with van der Waals surface area (Å²) in [4.78, 5) is 15.8. The topological polar surface area (TPSA) is 53.0 Å². The lowest BCUT2D eigenvalue weighted by Gasteiger charge is -2.25. The van der Waals surface area contributed by atoms with Crippen LogP contribution in [0.2, 0.25) is 0 Å². The normalized spacial score (nSPS) is 10.9. The van der Waals surface area contributed by atoms with Crippen molar-refractivity contribution in [3.8, 4) is 5.75 Å². The van der Waals surface area contributed by atoms with Crippen molar-refractivity contribution >= 4 is 27.6 Å². The fraction of sp³-hybridized carbons (Fsp3) is 0.219. The van der Waals surface area contributed by atoms with E-state index in [1.807, 2.05) is 60.7 Å². The molecule has 0 bridgehead atoms. The van der Waals surface area contributed by atoms with E-state index in [4.69, 9.17) is 4.74 Å². The molecule has 0 aliphatic rings. The second-order valence-electron chi connectivity index (χ2n) is 9.22. The van der Waals surface area contributed by atoms with Crippen LogP contribution >= 0.6 is 15.9 Å². The van der Waals surface area contributed by atoms with Crippen LogP contribution < -0.4 is 9.64 Å². The number of halogens is 1. The van der Waals surface area contributed by atoms with Gasteiger partial charge in [-0.1, -0.05) is 94.8 Å². The Morgan fingerprint density at radius 1 is 0.711 bits per heavy atom. The molecule has 1 N–H and O–H groups in total. The standard InChI is InChI=1S/C32H33BrN2O3/c33-29-16-14-28(15-17-29)25-35(19-18-32(36)37)30-12-7-13-31(22-30)38-21-20-34(23-26-8-3-1-4-9-26)24-27-10-5-2-6-11-27/h1-17,22H,18-21,23-25H2,(H,36,37). The van der Waals surface area contributed by atoms with E-state index in [-0.39, 0.29) is 6.42 Å². The van der Waals surface area contributed by atoms with Crippen molar-refractivity contribution < 1.29 is 14.6 Å². The number of rotatable bonds is 14. The lowest BCUT2D eigenvalue weighted by atomic mass is 10.1. The molecule has 0 fully saturated rings. The summed E-state index contributed by atoms with van der Waals surface area (Å²) >= 11 is 3.48. The molecule has 0 heterocycles. The summed E-state index contributed by atoms with van der Waals surface area (Å²) in [6, 6.07) is 37.0. The van der Waals surface area contributed by atoms with Crippen LogP contribution in [0.5, 0.6) is 5.75 Å². The Labute approximate surface area is 233 Å². The molecule has 0 saturated carbocycles. The largest absolute Gasteiger partial charge is 0.492 e. The van der Waals surface area contributed by atoms with E-state index in [1.165, 1.54) is 11.1 Å². The minimum absolute atomic E-state index is 0.0650. The molecule has 4 aromatic carbocycles. The number of aliphatic carboxylic acids is 1. The van der Waals surface area contributed by atoms with Crippen molar-refractivity contribution in [2.75, 3.05) is 24.6 Å². The van der Waals surface area contributed by atoms with Gasteiger partial charge in [0, 0.05) is 49.0 Å². The van der Waals surface area contributed by atoms with Crippen LogP contribution in [0.4, 0.5) is 5.69 Å². The molecule has 196 valence electrons. The van der Waals surface area contributed by atoms with Crippen LogP contribution in [0.15, 0.2) is 114 Å². The maximum atomic E-state index is 11.3. The van der Waals surface area contributed by atoms with E-state index < -0.39 is 5.97 Å². The summed E-state index contributed by atoms with van der Waals surface area (Å²) in [6.45, 7) is 4.04. The van der Waals surface area contributed by atoms with E-state index in [0.29, 0.717) is 19.7 Å². The molecule has 0 unspecified atom stereocenters. The Hall–Kier alpha value is -3.61. The Bertz CT molecular complexity index is 1230. The Morgan fingerprint density at radius 3 is 1.92 bits per heavy atom. The number of benzene rings is 4. The van der Waals surface area contributed by atoms with Gasteiger partial charge >= 0.3 is 5.97 Å². The van der Waals surface area contributed by atoms with E-state index in [1.54, 1.807) is 0 Å². The highest BCUT2D eigenvalue weighted by Gasteiger charge is 2.12. The monoisotopic (exact) mass is 572 g/mol. The Kier molecular flexibility index (Phi) is 10.4. The third kappa shape index (κ3) is 9.05. The van der Waals surface area contributed by atoms with E-state index in [0.717, 1.165) is 41.1 Å². The van der Waals surface area contributed by atoms with Gasteiger partial charge in [0.25, 0.3) is 0 Å². The molecule has 38 heavy (non-hydrogen) atoms. The quantitative estimate of drug-likeness (QED) is 0.176. The Balaban J connectivity index is 1.41. The Morgan fingerprint density at radius 2 is 1.32 bits per heavy atom. The number of hydrogen-bond donors (Lipinski definition) is 1. The highest BCUT2D eigenvalue weighted by atomic mass is 79.9. The average molecular weight is 574 g/mol. The van der Waals surface area contributed by atoms with Crippen molar-refractivity contribution in [2.24, 2.45) is 0 Å². The van der Waals surface area contributed by atoms with Gasteiger partial charge in [0.15, 0.2) is 0 Å². The molecular formula is C32H33BrN2O3. The second-order valence-corrected chi connectivity index (χ2v) is 10.1. The first kappa shape index (κ1) is 27.4. The number of carboxylic acid groups (broad SMARTS) is 1. The summed E-state index contributed by atoms with van der Waals surface area (Å²) in [6.07, 6.45) is 0.0650. The van der Waals surface area contributed by atoms with Crippen LogP contribution in [0.25, 0.3) is 0 Å². The predicted molar refractivity (Wildman–Crippen MR) is 156 cm³/mol. The van der Waals surface area contributed by atoms with E-state index in [9.17, 15) is 9.90 Å². The van der Waals surface area contributed by atoms with Crippen LogP contribution in [-0.2, 0) is 24.4 Å². The SMILES string of the molecule is O=C(O)CCN(Cc1ccc(Br)cc1)c1cccc(OCCN(Cc2ccccc2)Cc2ccccc2)c1. The van der Waals surface area contributed by atoms with Crippen LogP contribution in [-0.4, -0.2) is 35.7 Å². The van der Waals surface area contributed by atoms with E-state index >= 15 is 0 Å². The highest BCUT2D eigenvalue weighted by molar-refractivity contribution is 9.10. The predicted octanol–water partition coefficient (Wildman–Crippen LogP) is 7.01. The van der Waals surface area contributed by atoms with E-state index in [2.05, 4.69) is 74.3 Å². The number of hydrogen-bond acceptors (Lipinski definition) is 4. The minimum atomic E-state index is -0.810. The van der Waals surface area contributed by atoms with Crippen molar-refractivity contribution in [3.63, 3.8) is 0 Å². The lowest BCUT2D eigenvalue weighted by Crippen LogP contribution is -2.28. The maximum absolute atomic E-state index is 11.3. The summed E-state index contributed by atoms with van der Waals surface area (Å²) in [7, 11) is 0. The van der Waals surface area contributed by atoms with Crippen LogP contribution in [0.1, 0.15) is 23.1 Å². The molecule has 0 aliphatic carbocycles. The number of nitrogens with zero attached hydrogens (tertiary/aromatic N) is 2. The van der Waals surface area contributed by atoms with Crippen molar-refractivity contribution in [2.45, 2.75) is 26.1 Å². The van der Waals surface area contributed by atoms with Gasteiger partial charge in [0.1, 0.15) is 12.4 Å². The van der Waals surface area contributed by atoms with Crippen molar-refractivity contribution in [3.05, 3.63) is 130 Å². The summed E-state index contributed by atoms with van der Waals surface area (Å²) in [5.41, 5.74) is 4.60. The third-order valence-corrected chi connectivity index (χ3v) is 6.77. The third-order valence-electron chi connectivity index (χ3n) is 6.24. The van der Waals surface area contributed by atoms with Gasteiger partial charge in [0.2, 0.25) is 0 Å². The zero-order valence-electron chi connectivity index (χ0n) is 21.4. The zero-order chi connectivity index (χ0) is 26.6. The number of anilines is 1. The number of ether oxygens (including phenoxy) is 1. The summed E-state index contributed by atoms with van der Waals surface area (Å²) in [5, 5.41) is 9.28. The van der Waals surface area contributed by atoms with Gasteiger partial charge in [-0.05, 0) is 41.0 Å². The fourth-order valence-corrected chi connectivity index (χ4v) is 4.56. The van der Waals surface area contributed by atoms with Crippen LogP contribution in [0.3, 0.4) is 0 Å². The first-order valence-electron chi connectivity index (χ1n) is 12.8. The molecule has 4 rings (SSSR count). The molecule has 4 aromatic rings. The first-order chi connectivity index (χ1) is 18.5. The fourth-order valence-electron chi connectivity index (χ4n) is 4.30. The lowest BCUT2D eigenvalue weighted by molar-refractivity contribution is -0.136. The zero-order valence-corrected chi connectivity index (χ0v) is 23.0.